The smallest absolute Gasteiger partial charge is 0.256 e. The van der Waals surface area contributed by atoms with Gasteiger partial charge < -0.3 is 5.32 Å². The van der Waals surface area contributed by atoms with Gasteiger partial charge in [0.1, 0.15) is 5.01 Å². The zero-order valence-electron chi connectivity index (χ0n) is 15.5. The van der Waals surface area contributed by atoms with Crippen molar-refractivity contribution in [3.05, 3.63) is 94.5 Å². The largest absolute Gasteiger partial charge is 0.321 e. The lowest BCUT2D eigenvalue weighted by Crippen LogP contribution is -2.12. The number of aromatic nitrogens is 1. The van der Waals surface area contributed by atoms with Gasteiger partial charge in [0, 0.05) is 21.5 Å². The summed E-state index contributed by atoms with van der Waals surface area (Å²) < 4.78 is 1.11. The van der Waals surface area contributed by atoms with Gasteiger partial charge in [-0.2, -0.15) is 0 Å². The first-order valence-electron chi connectivity index (χ1n) is 9.24. The molecule has 0 fully saturated rings. The van der Waals surface area contributed by atoms with E-state index in [1.165, 1.54) is 0 Å². The van der Waals surface area contributed by atoms with Crippen LogP contribution in [0.15, 0.2) is 78.9 Å². The zero-order chi connectivity index (χ0) is 20.7. The minimum atomic E-state index is -0.244. The van der Waals surface area contributed by atoms with Gasteiger partial charge >= 0.3 is 0 Å². The molecule has 0 saturated heterocycles. The van der Waals surface area contributed by atoms with Crippen LogP contribution in [0, 0.1) is 0 Å². The van der Waals surface area contributed by atoms with Crippen LogP contribution in [0.25, 0.3) is 31.6 Å². The fraction of sp³-hybridized carbons (Fsp3) is 0. The van der Waals surface area contributed by atoms with Crippen LogP contribution >= 0.6 is 34.5 Å². The van der Waals surface area contributed by atoms with E-state index in [4.69, 9.17) is 23.2 Å². The molecule has 4 aromatic carbocycles. The van der Waals surface area contributed by atoms with E-state index >= 15 is 0 Å². The van der Waals surface area contributed by atoms with E-state index in [0.717, 1.165) is 31.6 Å². The highest BCUT2D eigenvalue weighted by Crippen LogP contribution is 2.34. The molecule has 0 aliphatic rings. The number of anilines is 1. The van der Waals surface area contributed by atoms with Gasteiger partial charge in [-0.15, -0.1) is 11.3 Å². The molecule has 1 amide bonds. The van der Waals surface area contributed by atoms with Crippen molar-refractivity contribution < 1.29 is 4.79 Å². The van der Waals surface area contributed by atoms with Gasteiger partial charge in [-0.25, -0.2) is 4.98 Å². The number of carbonyl (C=O) groups excluding carboxylic acids is 1. The maximum atomic E-state index is 13.1. The minimum absolute atomic E-state index is 0.244. The second kappa shape index (κ2) is 7.73. The van der Waals surface area contributed by atoms with Crippen LogP contribution in [0.2, 0.25) is 10.0 Å². The average molecular weight is 449 g/mol. The zero-order valence-corrected chi connectivity index (χ0v) is 17.9. The summed E-state index contributed by atoms with van der Waals surface area (Å²) in [7, 11) is 0. The van der Waals surface area contributed by atoms with Crippen molar-refractivity contribution >= 4 is 67.1 Å². The number of halogens is 2. The van der Waals surface area contributed by atoms with Crippen LogP contribution in [-0.4, -0.2) is 10.9 Å². The lowest BCUT2D eigenvalue weighted by molar-refractivity contribution is 0.102. The third-order valence-electron chi connectivity index (χ3n) is 4.87. The Bertz CT molecular complexity index is 1390. The number of nitrogens with one attached hydrogen (secondary N) is 1. The van der Waals surface area contributed by atoms with E-state index < -0.39 is 0 Å². The van der Waals surface area contributed by atoms with Crippen molar-refractivity contribution in [2.24, 2.45) is 0 Å². The number of hydrogen-bond acceptors (Lipinski definition) is 3. The first-order valence-corrected chi connectivity index (χ1v) is 10.8. The lowest BCUT2D eigenvalue weighted by atomic mass is 10.0. The normalized spacial score (nSPS) is 11.1. The molecular weight excluding hydrogens is 435 g/mol. The number of thiazole rings is 1. The summed E-state index contributed by atoms with van der Waals surface area (Å²) in [6, 6.07) is 24.6. The minimum Gasteiger partial charge on any atom is -0.321 e. The molecule has 0 aliphatic heterocycles. The van der Waals surface area contributed by atoms with Gasteiger partial charge in [0.05, 0.1) is 20.9 Å². The van der Waals surface area contributed by atoms with Crippen LogP contribution in [0.4, 0.5) is 5.69 Å². The van der Waals surface area contributed by atoms with Crippen molar-refractivity contribution in [3.63, 3.8) is 0 Å². The van der Waals surface area contributed by atoms with Crippen molar-refractivity contribution in [2.75, 3.05) is 5.32 Å². The van der Waals surface area contributed by atoms with Gasteiger partial charge in [0.15, 0.2) is 0 Å². The van der Waals surface area contributed by atoms with E-state index in [1.54, 1.807) is 23.5 Å². The van der Waals surface area contributed by atoms with E-state index in [-0.39, 0.29) is 5.91 Å². The molecule has 0 spiro atoms. The SMILES string of the molecule is O=C(Nc1cc(-c2nc3ccccc3s2)ccc1Cl)c1cccc2c(Cl)cccc12. The number of fused-ring (bicyclic) bond motifs is 2. The molecule has 0 radical (unpaired) electrons. The lowest BCUT2D eigenvalue weighted by Gasteiger charge is -2.11. The van der Waals surface area contributed by atoms with Crippen molar-refractivity contribution in [3.8, 4) is 10.6 Å². The van der Waals surface area contributed by atoms with Gasteiger partial charge in [0.25, 0.3) is 5.91 Å². The number of hydrogen-bond donors (Lipinski definition) is 1. The molecule has 0 bridgehead atoms. The van der Waals surface area contributed by atoms with Crippen LogP contribution in [-0.2, 0) is 0 Å². The highest BCUT2D eigenvalue weighted by atomic mass is 35.5. The Morgan fingerprint density at radius 2 is 1.63 bits per heavy atom. The first kappa shape index (κ1) is 19.1. The average Bonchev–Trinajstić information content (AvgIpc) is 3.19. The highest BCUT2D eigenvalue weighted by Gasteiger charge is 2.14. The highest BCUT2D eigenvalue weighted by molar-refractivity contribution is 7.21. The summed E-state index contributed by atoms with van der Waals surface area (Å²) in [5.41, 5.74) is 2.93. The summed E-state index contributed by atoms with van der Waals surface area (Å²) in [5.74, 6) is -0.244. The predicted molar refractivity (Wildman–Crippen MR) is 127 cm³/mol. The molecule has 1 aromatic heterocycles. The number of nitrogens with zero attached hydrogens (tertiary/aromatic N) is 1. The van der Waals surface area contributed by atoms with E-state index in [2.05, 4.69) is 10.3 Å². The molecule has 1 N–H and O–H groups in total. The Labute approximate surface area is 186 Å². The molecule has 30 heavy (non-hydrogen) atoms. The number of para-hydroxylation sites is 1. The summed E-state index contributed by atoms with van der Waals surface area (Å²) in [4.78, 5) is 17.7. The Morgan fingerprint density at radius 3 is 2.50 bits per heavy atom. The molecule has 6 heteroatoms. The number of benzene rings is 4. The standard InChI is InChI=1S/C24H14Cl2N2OS/c25-18-8-4-5-15-16(18)6-3-7-17(15)23(29)27-21-13-14(11-12-19(21)26)24-28-20-9-1-2-10-22(20)30-24/h1-13H,(H,27,29). The Hall–Kier alpha value is -2.92. The molecule has 5 aromatic rings. The summed E-state index contributed by atoms with van der Waals surface area (Å²) in [6.07, 6.45) is 0. The molecule has 146 valence electrons. The Kier molecular flexibility index (Phi) is 4.91. The van der Waals surface area contributed by atoms with Gasteiger partial charge in [-0.1, -0.05) is 65.7 Å². The summed E-state index contributed by atoms with van der Waals surface area (Å²) in [6.45, 7) is 0. The van der Waals surface area contributed by atoms with Crippen LogP contribution < -0.4 is 5.32 Å². The molecule has 3 nitrogen and oxygen atoms in total. The molecule has 0 aliphatic carbocycles. The second-order valence-electron chi connectivity index (χ2n) is 6.78. The topological polar surface area (TPSA) is 42.0 Å². The number of amides is 1. The monoisotopic (exact) mass is 448 g/mol. The maximum Gasteiger partial charge on any atom is 0.256 e. The van der Waals surface area contributed by atoms with Crippen LogP contribution in [0.5, 0.6) is 0 Å². The fourth-order valence-corrected chi connectivity index (χ4v) is 4.77. The summed E-state index contributed by atoms with van der Waals surface area (Å²) in [5, 5.41) is 6.52. The fourth-order valence-electron chi connectivity index (χ4n) is 3.41. The number of carbonyl (C=O) groups is 1. The Morgan fingerprint density at radius 1 is 0.833 bits per heavy atom. The molecule has 0 unspecified atom stereocenters. The Balaban J connectivity index is 1.51. The van der Waals surface area contributed by atoms with E-state index in [0.29, 0.717) is 21.3 Å². The molecule has 1 heterocycles. The van der Waals surface area contributed by atoms with Gasteiger partial charge in [0.2, 0.25) is 0 Å². The predicted octanol–water partition coefficient (Wildman–Crippen LogP) is 7.68. The van der Waals surface area contributed by atoms with Gasteiger partial charge in [-0.05, 0) is 41.8 Å². The molecule has 0 saturated carbocycles. The molecule has 0 atom stereocenters. The van der Waals surface area contributed by atoms with Crippen molar-refractivity contribution in [1.29, 1.82) is 0 Å². The third kappa shape index (κ3) is 3.43. The second-order valence-corrected chi connectivity index (χ2v) is 8.62. The van der Waals surface area contributed by atoms with Crippen LogP contribution in [0.1, 0.15) is 10.4 Å². The third-order valence-corrected chi connectivity index (χ3v) is 6.61. The van der Waals surface area contributed by atoms with E-state index in [1.807, 2.05) is 66.7 Å². The molecular formula is C24H14Cl2N2OS. The molecule has 5 rings (SSSR count). The number of rotatable bonds is 3. The van der Waals surface area contributed by atoms with E-state index in [9.17, 15) is 4.79 Å². The maximum absolute atomic E-state index is 13.1. The van der Waals surface area contributed by atoms with Crippen molar-refractivity contribution in [1.82, 2.24) is 4.98 Å². The quantitative estimate of drug-likeness (QED) is 0.307. The summed E-state index contributed by atoms with van der Waals surface area (Å²) >= 11 is 14.3. The first-order chi connectivity index (χ1) is 14.6. The van der Waals surface area contributed by atoms with Gasteiger partial charge in [-0.3, -0.25) is 4.79 Å². The van der Waals surface area contributed by atoms with Crippen LogP contribution in [0.3, 0.4) is 0 Å². The van der Waals surface area contributed by atoms with Crippen molar-refractivity contribution in [2.45, 2.75) is 0 Å².